The topological polar surface area (TPSA) is 26.0 Å². The standard InChI is InChI=1S/C9H7BrClNS/c10-7-3-1-2-5-6(4-11)9(12)13-8(5)7/h1-3H,4,12H2. The summed E-state index contributed by atoms with van der Waals surface area (Å²) in [4.78, 5) is 0. The van der Waals surface area contributed by atoms with E-state index in [1.54, 1.807) is 11.3 Å². The van der Waals surface area contributed by atoms with Gasteiger partial charge in [-0.1, -0.05) is 12.1 Å². The molecule has 13 heavy (non-hydrogen) atoms. The van der Waals surface area contributed by atoms with E-state index in [0.29, 0.717) is 5.88 Å². The van der Waals surface area contributed by atoms with Crippen LogP contribution in [-0.2, 0) is 5.88 Å². The van der Waals surface area contributed by atoms with E-state index in [9.17, 15) is 0 Å². The fourth-order valence-electron chi connectivity index (χ4n) is 1.29. The Balaban J connectivity index is 2.86. The van der Waals surface area contributed by atoms with Crippen molar-refractivity contribution in [2.24, 2.45) is 0 Å². The molecule has 0 fully saturated rings. The molecule has 0 aliphatic heterocycles. The van der Waals surface area contributed by atoms with E-state index >= 15 is 0 Å². The Morgan fingerprint density at radius 3 is 2.92 bits per heavy atom. The minimum absolute atomic E-state index is 0.474. The highest BCUT2D eigenvalue weighted by Crippen LogP contribution is 2.38. The molecule has 2 aromatic rings. The zero-order valence-electron chi connectivity index (χ0n) is 6.68. The van der Waals surface area contributed by atoms with Crippen molar-refractivity contribution < 1.29 is 0 Å². The summed E-state index contributed by atoms with van der Waals surface area (Å²) in [7, 11) is 0. The Morgan fingerprint density at radius 1 is 1.46 bits per heavy atom. The largest absolute Gasteiger partial charge is 0.390 e. The van der Waals surface area contributed by atoms with Crippen molar-refractivity contribution >= 4 is 54.0 Å². The van der Waals surface area contributed by atoms with Crippen LogP contribution in [0.4, 0.5) is 5.00 Å². The van der Waals surface area contributed by atoms with Crippen LogP contribution in [0.1, 0.15) is 5.56 Å². The first-order chi connectivity index (χ1) is 6.24. The maximum Gasteiger partial charge on any atom is 0.0914 e. The summed E-state index contributed by atoms with van der Waals surface area (Å²) in [6.07, 6.45) is 0. The second kappa shape index (κ2) is 3.48. The molecular weight excluding hydrogens is 270 g/mol. The highest BCUT2D eigenvalue weighted by atomic mass is 79.9. The van der Waals surface area contributed by atoms with Gasteiger partial charge in [0.2, 0.25) is 0 Å². The lowest BCUT2D eigenvalue weighted by molar-refractivity contribution is 1.49. The highest BCUT2D eigenvalue weighted by Gasteiger charge is 2.09. The maximum atomic E-state index is 5.85. The Kier molecular flexibility index (Phi) is 2.49. The lowest BCUT2D eigenvalue weighted by atomic mass is 10.2. The van der Waals surface area contributed by atoms with Crippen molar-refractivity contribution in [2.45, 2.75) is 5.88 Å². The fraction of sp³-hybridized carbons (Fsp3) is 0.111. The van der Waals surface area contributed by atoms with Crippen molar-refractivity contribution in [1.82, 2.24) is 0 Å². The zero-order chi connectivity index (χ0) is 9.42. The summed E-state index contributed by atoms with van der Waals surface area (Å²) in [5, 5.41) is 1.98. The van der Waals surface area contributed by atoms with Crippen molar-refractivity contribution in [3.05, 3.63) is 28.2 Å². The molecular formula is C9H7BrClNS. The van der Waals surface area contributed by atoms with E-state index < -0.39 is 0 Å². The summed E-state index contributed by atoms with van der Waals surface area (Å²) in [6.45, 7) is 0. The average Bonchev–Trinajstić information content (AvgIpc) is 2.43. The number of nitrogen functional groups attached to an aromatic ring is 1. The van der Waals surface area contributed by atoms with E-state index in [4.69, 9.17) is 17.3 Å². The lowest BCUT2D eigenvalue weighted by Crippen LogP contribution is -1.84. The van der Waals surface area contributed by atoms with Gasteiger partial charge in [0, 0.05) is 15.4 Å². The molecule has 1 nitrogen and oxygen atoms in total. The van der Waals surface area contributed by atoms with Crippen molar-refractivity contribution in [1.29, 1.82) is 0 Å². The minimum Gasteiger partial charge on any atom is -0.390 e. The molecule has 0 radical (unpaired) electrons. The van der Waals surface area contributed by atoms with E-state index in [1.165, 1.54) is 4.70 Å². The number of halogens is 2. The summed E-state index contributed by atoms with van der Waals surface area (Å²) in [5.74, 6) is 0.474. The van der Waals surface area contributed by atoms with Crippen molar-refractivity contribution in [3.8, 4) is 0 Å². The fourth-order valence-corrected chi connectivity index (χ4v) is 3.26. The minimum atomic E-state index is 0.474. The van der Waals surface area contributed by atoms with Crippen molar-refractivity contribution in [2.75, 3.05) is 5.73 Å². The summed E-state index contributed by atoms with van der Waals surface area (Å²) < 4.78 is 2.26. The van der Waals surface area contributed by atoms with Gasteiger partial charge in [-0.3, -0.25) is 0 Å². The van der Waals surface area contributed by atoms with Crippen LogP contribution in [-0.4, -0.2) is 0 Å². The second-order valence-electron chi connectivity index (χ2n) is 2.70. The van der Waals surface area contributed by atoms with Crippen LogP contribution >= 0.6 is 38.9 Å². The van der Waals surface area contributed by atoms with E-state index in [1.807, 2.05) is 18.2 Å². The molecule has 0 amide bonds. The molecule has 2 N–H and O–H groups in total. The maximum absolute atomic E-state index is 5.85. The third-order valence-corrected chi connectivity index (χ3v) is 4.24. The Bertz CT molecular complexity index is 452. The highest BCUT2D eigenvalue weighted by molar-refractivity contribution is 9.10. The van der Waals surface area contributed by atoms with Gasteiger partial charge in [0.25, 0.3) is 0 Å². The molecule has 1 heterocycles. The van der Waals surface area contributed by atoms with Crippen LogP contribution in [0.25, 0.3) is 10.1 Å². The van der Waals surface area contributed by atoms with E-state index in [0.717, 1.165) is 20.4 Å². The molecule has 0 aliphatic rings. The van der Waals surface area contributed by atoms with Gasteiger partial charge in [-0.15, -0.1) is 22.9 Å². The lowest BCUT2D eigenvalue weighted by Gasteiger charge is -1.94. The quantitative estimate of drug-likeness (QED) is 0.783. The Hall–Kier alpha value is -0.250. The van der Waals surface area contributed by atoms with Crippen LogP contribution in [0.2, 0.25) is 0 Å². The van der Waals surface area contributed by atoms with Crippen LogP contribution in [0.5, 0.6) is 0 Å². The number of thiophene rings is 1. The third-order valence-electron chi connectivity index (χ3n) is 1.94. The first-order valence-electron chi connectivity index (χ1n) is 3.75. The van der Waals surface area contributed by atoms with Gasteiger partial charge in [-0.2, -0.15) is 0 Å². The number of fused-ring (bicyclic) bond motifs is 1. The second-order valence-corrected chi connectivity index (χ2v) is 4.87. The predicted molar refractivity (Wildman–Crippen MR) is 63.5 cm³/mol. The summed E-state index contributed by atoms with van der Waals surface area (Å²) in [5.41, 5.74) is 6.89. The third kappa shape index (κ3) is 1.45. The molecule has 68 valence electrons. The molecule has 0 unspecified atom stereocenters. The SMILES string of the molecule is Nc1sc2c(Br)cccc2c1CCl. The molecule has 2 rings (SSSR count). The van der Waals surface area contributed by atoms with Crippen LogP contribution in [0.15, 0.2) is 22.7 Å². The van der Waals surface area contributed by atoms with Gasteiger partial charge in [-0.25, -0.2) is 0 Å². The monoisotopic (exact) mass is 275 g/mol. The summed E-state index contributed by atoms with van der Waals surface area (Å²) >= 11 is 10.9. The van der Waals surface area contributed by atoms with E-state index in [-0.39, 0.29) is 0 Å². The van der Waals surface area contributed by atoms with Crippen LogP contribution < -0.4 is 5.73 Å². The molecule has 0 bridgehead atoms. The van der Waals surface area contributed by atoms with Crippen LogP contribution in [0, 0.1) is 0 Å². The summed E-state index contributed by atoms with van der Waals surface area (Å²) in [6, 6.07) is 6.05. The molecule has 0 aliphatic carbocycles. The van der Waals surface area contributed by atoms with E-state index in [2.05, 4.69) is 15.9 Å². The normalized spacial score (nSPS) is 10.9. The Morgan fingerprint density at radius 2 is 2.23 bits per heavy atom. The van der Waals surface area contributed by atoms with Gasteiger partial charge in [0.15, 0.2) is 0 Å². The number of rotatable bonds is 1. The van der Waals surface area contributed by atoms with Crippen molar-refractivity contribution in [3.63, 3.8) is 0 Å². The average molecular weight is 277 g/mol. The van der Waals surface area contributed by atoms with Gasteiger partial charge in [0.05, 0.1) is 15.6 Å². The van der Waals surface area contributed by atoms with Crippen LogP contribution in [0.3, 0.4) is 0 Å². The molecule has 4 heteroatoms. The van der Waals surface area contributed by atoms with Gasteiger partial charge < -0.3 is 5.73 Å². The number of anilines is 1. The number of hydrogen-bond acceptors (Lipinski definition) is 2. The van der Waals surface area contributed by atoms with Gasteiger partial charge in [-0.05, 0) is 22.0 Å². The molecule has 1 aromatic carbocycles. The van der Waals surface area contributed by atoms with Gasteiger partial charge >= 0.3 is 0 Å². The molecule has 0 atom stereocenters. The smallest absolute Gasteiger partial charge is 0.0914 e. The molecule has 1 aromatic heterocycles. The number of benzene rings is 1. The van der Waals surface area contributed by atoms with Gasteiger partial charge in [0.1, 0.15) is 0 Å². The molecule has 0 saturated heterocycles. The molecule has 0 spiro atoms. The number of nitrogens with two attached hydrogens (primary N) is 1. The number of alkyl halides is 1. The number of hydrogen-bond donors (Lipinski definition) is 1. The first kappa shape index (κ1) is 9.31. The first-order valence-corrected chi connectivity index (χ1v) is 5.89. The molecule has 0 saturated carbocycles. The predicted octanol–water partition coefficient (Wildman–Crippen LogP) is 3.98. The zero-order valence-corrected chi connectivity index (χ0v) is 9.84. The Labute approximate surface area is 93.6 Å².